The summed E-state index contributed by atoms with van der Waals surface area (Å²) in [5.74, 6) is 0.501. The molecule has 87 valence electrons. The molecular formula is C13H9Cl2O2. The molecule has 2 aromatic carbocycles. The van der Waals surface area contributed by atoms with Crippen molar-refractivity contribution in [3.63, 3.8) is 0 Å². The van der Waals surface area contributed by atoms with E-state index in [4.69, 9.17) is 27.9 Å². The largest absolute Gasteiger partial charge is 0.497 e. The number of ether oxygens (including phenoxy) is 1. The molecule has 2 nitrogen and oxygen atoms in total. The number of rotatable bonds is 2. The van der Waals surface area contributed by atoms with Crippen LogP contribution in [0.15, 0.2) is 36.4 Å². The van der Waals surface area contributed by atoms with Gasteiger partial charge in [0.1, 0.15) is 5.75 Å². The highest BCUT2D eigenvalue weighted by Gasteiger charge is 2.13. The lowest BCUT2D eigenvalue weighted by Gasteiger charge is -2.08. The van der Waals surface area contributed by atoms with E-state index in [1.165, 1.54) is 6.07 Å². The molecule has 0 saturated heterocycles. The number of benzene rings is 2. The van der Waals surface area contributed by atoms with Gasteiger partial charge in [0, 0.05) is 5.56 Å². The van der Waals surface area contributed by atoms with E-state index in [0.29, 0.717) is 10.6 Å². The van der Waals surface area contributed by atoms with Crippen molar-refractivity contribution in [2.75, 3.05) is 7.11 Å². The van der Waals surface area contributed by atoms with Gasteiger partial charge in [0.25, 0.3) is 0 Å². The predicted molar refractivity (Wildman–Crippen MR) is 68.6 cm³/mol. The fourth-order valence-corrected chi connectivity index (χ4v) is 2.14. The molecule has 0 aromatic heterocycles. The Morgan fingerprint density at radius 1 is 1.00 bits per heavy atom. The molecule has 2 aromatic rings. The molecule has 4 heteroatoms. The van der Waals surface area contributed by atoms with E-state index in [9.17, 15) is 5.11 Å². The quantitative estimate of drug-likeness (QED) is 0.768. The maximum Gasteiger partial charge on any atom is 0.197 e. The van der Waals surface area contributed by atoms with Crippen LogP contribution >= 0.6 is 23.2 Å². The van der Waals surface area contributed by atoms with Crippen LogP contribution in [-0.4, -0.2) is 7.11 Å². The van der Waals surface area contributed by atoms with Gasteiger partial charge in [0.05, 0.1) is 17.2 Å². The van der Waals surface area contributed by atoms with Crippen LogP contribution < -0.4 is 4.74 Å². The molecule has 0 spiro atoms. The summed E-state index contributed by atoms with van der Waals surface area (Å²) >= 11 is 12.0. The fraction of sp³-hybridized carbons (Fsp3) is 0.0769. The molecule has 0 fully saturated rings. The molecule has 17 heavy (non-hydrogen) atoms. The molecule has 0 N–H and O–H groups in total. The van der Waals surface area contributed by atoms with Crippen molar-refractivity contribution in [3.05, 3.63) is 46.4 Å². The highest BCUT2D eigenvalue weighted by Crippen LogP contribution is 2.40. The van der Waals surface area contributed by atoms with Gasteiger partial charge in [0.15, 0.2) is 5.75 Å². The van der Waals surface area contributed by atoms with Crippen LogP contribution in [0.1, 0.15) is 0 Å². The lowest BCUT2D eigenvalue weighted by molar-refractivity contribution is 0.355. The first kappa shape index (κ1) is 12.1. The van der Waals surface area contributed by atoms with E-state index >= 15 is 0 Å². The molecule has 2 rings (SSSR count). The number of methoxy groups -OCH3 is 1. The molecule has 0 aliphatic rings. The van der Waals surface area contributed by atoms with Crippen LogP contribution in [-0.2, 0) is 5.11 Å². The van der Waals surface area contributed by atoms with Gasteiger partial charge in [-0.05, 0) is 29.8 Å². The van der Waals surface area contributed by atoms with Gasteiger partial charge in [-0.1, -0.05) is 35.3 Å². The second-order valence-electron chi connectivity index (χ2n) is 3.46. The number of hydrogen-bond acceptors (Lipinski definition) is 1. The van der Waals surface area contributed by atoms with E-state index in [1.54, 1.807) is 25.3 Å². The second kappa shape index (κ2) is 4.86. The number of hydrogen-bond donors (Lipinski definition) is 0. The van der Waals surface area contributed by atoms with E-state index in [2.05, 4.69) is 0 Å². The van der Waals surface area contributed by atoms with Crippen LogP contribution in [0.5, 0.6) is 11.5 Å². The smallest absolute Gasteiger partial charge is 0.197 e. The van der Waals surface area contributed by atoms with Crippen molar-refractivity contribution in [1.82, 2.24) is 0 Å². The highest BCUT2D eigenvalue weighted by atomic mass is 35.5. The minimum atomic E-state index is -0.234. The van der Waals surface area contributed by atoms with Gasteiger partial charge in [-0.2, -0.15) is 0 Å². The molecule has 0 aliphatic heterocycles. The van der Waals surface area contributed by atoms with Crippen LogP contribution in [0.4, 0.5) is 0 Å². The Morgan fingerprint density at radius 3 is 2.24 bits per heavy atom. The van der Waals surface area contributed by atoms with Gasteiger partial charge in [0.2, 0.25) is 0 Å². The zero-order valence-electron chi connectivity index (χ0n) is 9.04. The molecule has 0 atom stereocenters. The van der Waals surface area contributed by atoms with Crippen LogP contribution in [0.3, 0.4) is 0 Å². The SMILES string of the molecule is COc1ccc(-c2c(Cl)ccc([O])c2Cl)cc1. The molecular weight excluding hydrogens is 259 g/mol. The van der Waals surface area contributed by atoms with Crippen LogP contribution in [0.2, 0.25) is 10.0 Å². The summed E-state index contributed by atoms with van der Waals surface area (Å²) in [5, 5.41) is 12.1. The van der Waals surface area contributed by atoms with Crippen molar-refractivity contribution in [2.24, 2.45) is 0 Å². The maximum atomic E-state index is 11.5. The molecule has 0 unspecified atom stereocenters. The standard InChI is InChI=1S/C13H9Cl2O2/c1-17-9-4-2-8(3-5-9)12-10(14)6-7-11(16)13(12)15/h2-7H,1H3. The van der Waals surface area contributed by atoms with Crippen molar-refractivity contribution < 1.29 is 9.84 Å². The van der Waals surface area contributed by atoms with Gasteiger partial charge >= 0.3 is 0 Å². The minimum Gasteiger partial charge on any atom is -0.497 e. The van der Waals surface area contributed by atoms with Crippen molar-refractivity contribution in [3.8, 4) is 22.6 Å². The van der Waals surface area contributed by atoms with Crippen molar-refractivity contribution in [1.29, 1.82) is 0 Å². The summed E-state index contributed by atoms with van der Waals surface area (Å²) in [6, 6.07) is 10.1. The summed E-state index contributed by atoms with van der Waals surface area (Å²) in [5.41, 5.74) is 1.35. The minimum absolute atomic E-state index is 0.141. The van der Waals surface area contributed by atoms with Crippen molar-refractivity contribution >= 4 is 23.2 Å². The Bertz CT molecular complexity index is 536. The predicted octanol–water partition coefficient (Wildman–Crippen LogP) is 4.81. The zero-order chi connectivity index (χ0) is 12.4. The average molecular weight is 268 g/mol. The maximum absolute atomic E-state index is 11.5. The molecule has 0 saturated carbocycles. The highest BCUT2D eigenvalue weighted by molar-refractivity contribution is 6.40. The summed E-state index contributed by atoms with van der Waals surface area (Å²) in [6.45, 7) is 0. The van der Waals surface area contributed by atoms with Gasteiger partial charge in [-0.3, -0.25) is 5.11 Å². The molecule has 0 bridgehead atoms. The monoisotopic (exact) mass is 267 g/mol. The van der Waals surface area contributed by atoms with E-state index in [1.807, 2.05) is 12.1 Å². The van der Waals surface area contributed by atoms with Gasteiger partial charge in [-0.15, -0.1) is 0 Å². The Balaban J connectivity index is 2.55. The van der Waals surface area contributed by atoms with E-state index in [0.717, 1.165) is 11.3 Å². The Kier molecular flexibility index (Phi) is 3.46. The fourth-order valence-electron chi connectivity index (χ4n) is 1.56. The Hall–Kier alpha value is -1.38. The number of halogens is 2. The molecule has 0 aliphatic carbocycles. The van der Waals surface area contributed by atoms with Crippen LogP contribution in [0, 0.1) is 0 Å². The third kappa shape index (κ3) is 2.33. The summed E-state index contributed by atoms with van der Waals surface area (Å²) in [6.07, 6.45) is 0. The molecule has 1 radical (unpaired) electrons. The Labute approximate surface area is 109 Å². The Morgan fingerprint density at radius 2 is 1.65 bits per heavy atom. The summed E-state index contributed by atoms with van der Waals surface area (Å²) < 4.78 is 5.06. The third-order valence-corrected chi connectivity index (χ3v) is 3.12. The third-order valence-electron chi connectivity index (χ3n) is 2.43. The first-order valence-corrected chi connectivity index (χ1v) is 5.68. The lowest BCUT2D eigenvalue weighted by Crippen LogP contribution is -1.85. The first-order valence-electron chi connectivity index (χ1n) is 4.93. The average Bonchev–Trinajstić information content (AvgIpc) is 2.35. The normalized spacial score (nSPS) is 10.3. The van der Waals surface area contributed by atoms with Crippen molar-refractivity contribution in [2.45, 2.75) is 0 Å². The van der Waals surface area contributed by atoms with E-state index in [-0.39, 0.29) is 10.8 Å². The van der Waals surface area contributed by atoms with Crippen LogP contribution in [0.25, 0.3) is 11.1 Å². The summed E-state index contributed by atoms with van der Waals surface area (Å²) in [4.78, 5) is 0. The molecule has 0 heterocycles. The lowest BCUT2D eigenvalue weighted by atomic mass is 10.1. The topological polar surface area (TPSA) is 29.1 Å². The first-order chi connectivity index (χ1) is 8.13. The zero-order valence-corrected chi connectivity index (χ0v) is 10.5. The van der Waals surface area contributed by atoms with Gasteiger partial charge < -0.3 is 4.74 Å². The summed E-state index contributed by atoms with van der Waals surface area (Å²) in [7, 11) is 1.59. The van der Waals surface area contributed by atoms with Gasteiger partial charge in [-0.25, -0.2) is 0 Å². The van der Waals surface area contributed by atoms with E-state index < -0.39 is 0 Å². The molecule has 0 amide bonds. The second-order valence-corrected chi connectivity index (χ2v) is 4.25.